The van der Waals surface area contributed by atoms with Crippen LogP contribution in [0.5, 0.6) is 0 Å². The summed E-state index contributed by atoms with van der Waals surface area (Å²) in [6, 6.07) is 3.53. The number of nitrogens with one attached hydrogen (secondary N) is 1. The van der Waals surface area contributed by atoms with Gasteiger partial charge in [0, 0.05) is 23.8 Å². The summed E-state index contributed by atoms with van der Waals surface area (Å²) < 4.78 is 0. The van der Waals surface area contributed by atoms with Crippen molar-refractivity contribution in [2.75, 3.05) is 12.3 Å². The monoisotopic (exact) mass is 293 g/mol. The number of aliphatic hydroxyl groups is 1. The van der Waals surface area contributed by atoms with E-state index < -0.39 is 6.10 Å². The maximum atomic E-state index is 9.95. The van der Waals surface area contributed by atoms with E-state index in [0.29, 0.717) is 12.4 Å². The fourth-order valence-corrected chi connectivity index (χ4v) is 1.96. The van der Waals surface area contributed by atoms with Crippen LogP contribution >= 0.6 is 24.8 Å². The van der Waals surface area contributed by atoms with E-state index in [0.717, 1.165) is 5.56 Å². The minimum absolute atomic E-state index is 0. The highest BCUT2D eigenvalue weighted by Gasteiger charge is 2.31. The smallest absolute Gasteiger partial charge is 0.123 e. The molecule has 0 spiro atoms. The number of hydrogen-bond donors (Lipinski definition) is 3. The largest absolute Gasteiger partial charge is 0.387 e. The second-order valence-electron chi connectivity index (χ2n) is 4.83. The number of aliphatic hydroxyl groups excluding tert-OH is 1. The van der Waals surface area contributed by atoms with Gasteiger partial charge >= 0.3 is 0 Å². The van der Waals surface area contributed by atoms with E-state index in [-0.39, 0.29) is 30.4 Å². The van der Waals surface area contributed by atoms with Crippen LogP contribution in [0.15, 0.2) is 18.3 Å². The Morgan fingerprint density at radius 2 is 2.11 bits per heavy atom. The van der Waals surface area contributed by atoms with Gasteiger partial charge in [0.05, 0.1) is 6.10 Å². The summed E-state index contributed by atoms with van der Waals surface area (Å²) in [7, 11) is 0. The maximum absolute atomic E-state index is 9.95. The molecule has 0 radical (unpaired) electrons. The quantitative estimate of drug-likeness (QED) is 0.795. The van der Waals surface area contributed by atoms with Gasteiger partial charge in [-0.05, 0) is 32.3 Å². The van der Waals surface area contributed by atoms with Gasteiger partial charge in [-0.2, -0.15) is 0 Å². The topological polar surface area (TPSA) is 71.2 Å². The van der Waals surface area contributed by atoms with Crippen molar-refractivity contribution in [2.45, 2.75) is 37.8 Å². The lowest BCUT2D eigenvalue weighted by molar-refractivity contribution is 0.132. The van der Waals surface area contributed by atoms with E-state index in [1.54, 1.807) is 12.3 Å². The highest BCUT2D eigenvalue weighted by atomic mass is 35.5. The van der Waals surface area contributed by atoms with Gasteiger partial charge in [-0.25, -0.2) is 4.98 Å². The molecule has 1 aromatic heterocycles. The fraction of sp³-hybridized carbons (Fsp3) is 0.583. The Morgan fingerprint density at radius 1 is 1.44 bits per heavy atom. The minimum atomic E-state index is -0.509. The van der Waals surface area contributed by atoms with E-state index in [1.165, 1.54) is 19.3 Å². The highest BCUT2D eigenvalue weighted by molar-refractivity contribution is 5.85. The number of rotatable bonds is 4. The Hall–Kier alpha value is -0.550. The molecule has 0 saturated heterocycles. The Kier molecular flexibility index (Phi) is 6.92. The maximum Gasteiger partial charge on any atom is 0.123 e. The number of hydrogen-bond acceptors (Lipinski definition) is 4. The summed E-state index contributed by atoms with van der Waals surface area (Å²) in [6.45, 7) is 2.77. The van der Waals surface area contributed by atoms with E-state index in [2.05, 4.69) is 17.2 Å². The molecule has 1 unspecified atom stereocenters. The zero-order valence-corrected chi connectivity index (χ0v) is 12.1. The van der Waals surface area contributed by atoms with Crippen LogP contribution in [-0.2, 0) is 0 Å². The number of nitrogen functional groups attached to an aromatic ring is 1. The summed E-state index contributed by atoms with van der Waals surface area (Å²) >= 11 is 0. The first-order valence-electron chi connectivity index (χ1n) is 5.74. The molecule has 1 aromatic rings. The number of nitrogens with two attached hydrogens (primary N) is 1. The third-order valence-electron chi connectivity index (χ3n) is 3.37. The van der Waals surface area contributed by atoms with Gasteiger partial charge in [0.25, 0.3) is 0 Å². The number of anilines is 1. The molecule has 6 heteroatoms. The molecule has 1 aliphatic rings. The van der Waals surface area contributed by atoms with E-state index in [9.17, 15) is 5.11 Å². The Balaban J connectivity index is 0.00000144. The van der Waals surface area contributed by atoms with Crippen LogP contribution < -0.4 is 11.1 Å². The van der Waals surface area contributed by atoms with E-state index in [1.807, 2.05) is 6.07 Å². The van der Waals surface area contributed by atoms with Crippen molar-refractivity contribution in [1.29, 1.82) is 0 Å². The van der Waals surface area contributed by atoms with Crippen LogP contribution in [0.25, 0.3) is 0 Å². The summed E-state index contributed by atoms with van der Waals surface area (Å²) in [6.07, 6.45) is 4.79. The molecule has 1 saturated carbocycles. The van der Waals surface area contributed by atoms with Crippen LogP contribution in [0.3, 0.4) is 0 Å². The van der Waals surface area contributed by atoms with Crippen molar-refractivity contribution in [1.82, 2.24) is 10.3 Å². The zero-order valence-electron chi connectivity index (χ0n) is 10.4. The number of halogens is 2. The molecule has 1 atom stereocenters. The van der Waals surface area contributed by atoms with Gasteiger partial charge < -0.3 is 16.2 Å². The molecule has 0 amide bonds. The lowest BCUT2D eigenvalue weighted by atomic mass is 9.78. The van der Waals surface area contributed by atoms with Crippen molar-refractivity contribution in [3.63, 3.8) is 0 Å². The molecule has 1 aliphatic carbocycles. The molecule has 4 nitrogen and oxygen atoms in total. The molecule has 1 fully saturated rings. The first-order chi connectivity index (χ1) is 7.59. The minimum Gasteiger partial charge on any atom is -0.387 e. The van der Waals surface area contributed by atoms with Gasteiger partial charge in [0.2, 0.25) is 0 Å². The van der Waals surface area contributed by atoms with Crippen LogP contribution in [0.2, 0.25) is 0 Å². The Morgan fingerprint density at radius 3 is 2.56 bits per heavy atom. The Bertz CT molecular complexity index is 355. The second kappa shape index (κ2) is 7.14. The lowest BCUT2D eigenvalue weighted by Gasteiger charge is -2.40. The molecule has 4 N–H and O–H groups in total. The van der Waals surface area contributed by atoms with Crippen LogP contribution in [0.4, 0.5) is 5.82 Å². The van der Waals surface area contributed by atoms with Crippen LogP contribution in [0, 0.1) is 0 Å². The van der Waals surface area contributed by atoms with Crippen LogP contribution in [-0.4, -0.2) is 22.2 Å². The molecule has 18 heavy (non-hydrogen) atoms. The summed E-state index contributed by atoms with van der Waals surface area (Å²) in [4.78, 5) is 3.97. The zero-order chi connectivity index (χ0) is 11.6. The molecule has 0 aromatic carbocycles. The predicted octanol–water partition coefficient (Wildman–Crippen LogP) is 2.07. The van der Waals surface area contributed by atoms with Gasteiger partial charge in [0.15, 0.2) is 0 Å². The average molecular weight is 294 g/mol. The molecule has 0 aliphatic heterocycles. The summed E-state index contributed by atoms with van der Waals surface area (Å²) in [5, 5.41) is 13.4. The highest BCUT2D eigenvalue weighted by Crippen LogP contribution is 2.31. The third-order valence-corrected chi connectivity index (χ3v) is 3.37. The molecular formula is C12H21Cl2N3O. The van der Waals surface area contributed by atoms with E-state index >= 15 is 0 Å². The third kappa shape index (κ3) is 4.28. The summed E-state index contributed by atoms with van der Waals surface area (Å²) in [5.41, 5.74) is 6.53. The fourth-order valence-electron chi connectivity index (χ4n) is 1.96. The lowest BCUT2D eigenvalue weighted by Crippen LogP contribution is -2.49. The number of nitrogens with zero attached hydrogens (tertiary/aromatic N) is 1. The van der Waals surface area contributed by atoms with Gasteiger partial charge in [0.1, 0.15) is 5.82 Å². The van der Waals surface area contributed by atoms with Crippen molar-refractivity contribution in [2.24, 2.45) is 0 Å². The van der Waals surface area contributed by atoms with Gasteiger partial charge in [-0.1, -0.05) is 6.07 Å². The molecule has 1 heterocycles. The SMILES string of the molecule is CC1(NCC(O)c2ccc(N)nc2)CCC1.Cl.Cl. The molecular weight excluding hydrogens is 273 g/mol. The first kappa shape index (κ1) is 17.4. The number of pyridine rings is 1. The van der Waals surface area contributed by atoms with Crippen molar-refractivity contribution < 1.29 is 5.11 Å². The van der Waals surface area contributed by atoms with E-state index in [4.69, 9.17) is 5.73 Å². The standard InChI is InChI=1S/C12H19N3O.2ClH/c1-12(5-2-6-12)15-8-10(16)9-3-4-11(13)14-7-9;;/h3-4,7,10,15-16H,2,5-6,8H2,1H3,(H2,13,14);2*1H. The number of aromatic nitrogens is 1. The van der Waals surface area contributed by atoms with Crippen molar-refractivity contribution in [3.05, 3.63) is 23.9 Å². The molecule has 104 valence electrons. The van der Waals surface area contributed by atoms with Crippen LogP contribution in [0.1, 0.15) is 37.9 Å². The predicted molar refractivity (Wildman–Crippen MR) is 78.4 cm³/mol. The molecule has 2 rings (SSSR count). The molecule has 0 bridgehead atoms. The van der Waals surface area contributed by atoms with Crippen molar-refractivity contribution >= 4 is 30.6 Å². The second-order valence-corrected chi connectivity index (χ2v) is 4.83. The normalized spacial score (nSPS) is 17.9. The van der Waals surface area contributed by atoms with Crippen molar-refractivity contribution in [3.8, 4) is 0 Å². The van der Waals surface area contributed by atoms with Gasteiger partial charge in [-0.15, -0.1) is 24.8 Å². The average Bonchev–Trinajstić information content (AvgIpc) is 2.24. The number of β-amino-alcohol motifs (C(OH)–C–C–N with tert-alkyl or cyclic N) is 1. The summed E-state index contributed by atoms with van der Waals surface area (Å²) in [5.74, 6) is 0.481. The Labute approximate surface area is 120 Å². The van der Waals surface area contributed by atoms with Gasteiger partial charge in [-0.3, -0.25) is 0 Å². The first-order valence-corrected chi connectivity index (χ1v) is 5.74.